The van der Waals surface area contributed by atoms with Crippen LogP contribution in [0.4, 0.5) is 11.5 Å². The van der Waals surface area contributed by atoms with Crippen molar-refractivity contribution in [3.63, 3.8) is 0 Å². The lowest BCUT2D eigenvalue weighted by atomic mass is 10.1. The Hall–Kier alpha value is -2.46. The van der Waals surface area contributed by atoms with Gasteiger partial charge in [-0.1, -0.05) is 29.8 Å². The van der Waals surface area contributed by atoms with Crippen LogP contribution < -0.4 is 10.2 Å². The fourth-order valence-electron chi connectivity index (χ4n) is 3.31. The molecule has 0 spiro atoms. The lowest BCUT2D eigenvalue weighted by Gasteiger charge is -2.12. The van der Waals surface area contributed by atoms with Gasteiger partial charge in [0.05, 0.1) is 11.4 Å². The molecule has 1 aliphatic rings. The Labute approximate surface area is 153 Å². The number of fused-ring (bicyclic) bond motifs is 1. The second kappa shape index (κ2) is 6.12. The van der Waals surface area contributed by atoms with E-state index < -0.39 is 0 Å². The Morgan fingerprint density at radius 2 is 1.88 bits per heavy atom. The van der Waals surface area contributed by atoms with E-state index in [4.69, 9.17) is 16.7 Å². The minimum Gasteiger partial charge on any atom is -0.378 e. The largest absolute Gasteiger partial charge is 0.378 e. The van der Waals surface area contributed by atoms with Crippen LogP contribution in [-0.2, 0) is 6.42 Å². The monoisotopic (exact) mass is 352 g/mol. The number of anilines is 2. The summed E-state index contributed by atoms with van der Waals surface area (Å²) in [6.45, 7) is 3.02. The zero-order valence-electron chi connectivity index (χ0n) is 14.7. The van der Waals surface area contributed by atoms with Gasteiger partial charge in [0.25, 0.3) is 0 Å². The maximum absolute atomic E-state index is 6.22. The summed E-state index contributed by atoms with van der Waals surface area (Å²) in [6.07, 6.45) is 0.986. The van der Waals surface area contributed by atoms with Gasteiger partial charge in [-0.05, 0) is 43.2 Å². The highest BCUT2D eigenvalue weighted by Crippen LogP contribution is 2.36. The summed E-state index contributed by atoms with van der Waals surface area (Å²) < 4.78 is 2.00. The van der Waals surface area contributed by atoms with Gasteiger partial charge in [0.1, 0.15) is 5.82 Å². The van der Waals surface area contributed by atoms with E-state index in [2.05, 4.69) is 41.4 Å². The van der Waals surface area contributed by atoms with E-state index >= 15 is 0 Å². The van der Waals surface area contributed by atoms with Crippen LogP contribution in [0.25, 0.3) is 16.9 Å². The van der Waals surface area contributed by atoms with E-state index in [1.54, 1.807) is 0 Å². The number of halogens is 1. The number of rotatable bonds is 3. The SMILES string of the molecule is Cc1ccc(Cl)cc1-n1nc(-c2ccc(N(C)C)cc2)c2c1NCC2. The number of aromatic nitrogens is 2. The lowest BCUT2D eigenvalue weighted by molar-refractivity contribution is 0.875. The van der Waals surface area contributed by atoms with Gasteiger partial charge < -0.3 is 10.2 Å². The minimum atomic E-state index is 0.722. The van der Waals surface area contributed by atoms with Crippen molar-refractivity contribution < 1.29 is 0 Å². The highest BCUT2D eigenvalue weighted by atomic mass is 35.5. The molecule has 2 heterocycles. The fourth-order valence-corrected chi connectivity index (χ4v) is 3.48. The number of aryl methyl sites for hydroxylation is 1. The normalized spacial score (nSPS) is 12.8. The van der Waals surface area contributed by atoms with Crippen molar-refractivity contribution in [1.29, 1.82) is 0 Å². The molecule has 4 nitrogen and oxygen atoms in total. The second-order valence-corrected chi connectivity index (χ2v) is 7.07. The van der Waals surface area contributed by atoms with Crippen molar-refractivity contribution >= 4 is 23.1 Å². The van der Waals surface area contributed by atoms with Gasteiger partial charge in [-0.15, -0.1) is 0 Å². The highest BCUT2D eigenvalue weighted by Gasteiger charge is 2.24. The first-order valence-electron chi connectivity index (χ1n) is 8.44. The van der Waals surface area contributed by atoms with Crippen molar-refractivity contribution in [1.82, 2.24) is 9.78 Å². The molecule has 1 aliphatic heterocycles. The molecule has 128 valence electrons. The van der Waals surface area contributed by atoms with Crippen LogP contribution in [0, 0.1) is 6.92 Å². The Kier molecular flexibility index (Phi) is 3.92. The molecule has 2 aromatic carbocycles. The number of nitrogens with one attached hydrogen (secondary N) is 1. The second-order valence-electron chi connectivity index (χ2n) is 6.64. The van der Waals surface area contributed by atoms with Crippen LogP contribution >= 0.6 is 11.6 Å². The maximum Gasteiger partial charge on any atom is 0.133 e. The number of benzene rings is 2. The van der Waals surface area contributed by atoms with Crippen molar-refractivity contribution in [2.75, 3.05) is 30.9 Å². The Morgan fingerprint density at radius 3 is 2.60 bits per heavy atom. The molecule has 0 fully saturated rings. The number of hydrogen-bond donors (Lipinski definition) is 1. The van der Waals surface area contributed by atoms with Gasteiger partial charge in [-0.3, -0.25) is 0 Å². The summed E-state index contributed by atoms with van der Waals surface area (Å²) in [7, 11) is 4.10. The quantitative estimate of drug-likeness (QED) is 0.751. The zero-order valence-corrected chi connectivity index (χ0v) is 15.4. The first-order chi connectivity index (χ1) is 12.0. The van der Waals surface area contributed by atoms with Crippen LogP contribution in [0.2, 0.25) is 5.02 Å². The Bertz CT molecular complexity index is 926. The molecule has 25 heavy (non-hydrogen) atoms. The molecule has 0 unspecified atom stereocenters. The average molecular weight is 353 g/mol. The molecule has 4 rings (SSSR count). The van der Waals surface area contributed by atoms with Gasteiger partial charge in [-0.25, -0.2) is 4.68 Å². The van der Waals surface area contributed by atoms with Crippen molar-refractivity contribution in [3.05, 3.63) is 58.6 Å². The molecule has 0 aliphatic carbocycles. The molecule has 0 saturated heterocycles. The van der Waals surface area contributed by atoms with E-state index in [9.17, 15) is 0 Å². The summed E-state index contributed by atoms with van der Waals surface area (Å²) in [5.74, 6) is 1.08. The Balaban J connectivity index is 1.84. The highest BCUT2D eigenvalue weighted by molar-refractivity contribution is 6.30. The maximum atomic E-state index is 6.22. The molecular formula is C20H21ClN4. The molecule has 0 bridgehead atoms. The minimum absolute atomic E-state index is 0.722. The van der Waals surface area contributed by atoms with Crippen molar-refractivity contribution in [3.8, 4) is 16.9 Å². The third kappa shape index (κ3) is 2.76. The molecular weight excluding hydrogens is 332 g/mol. The molecule has 5 heteroatoms. The van der Waals surface area contributed by atoms with Crippen molar-refractivity contribution in [2.45, 2.75) is 13.3 Å². The molecule has 3 aromatic rings. The van der Waals surface area contributed by atoms with Gasteiger partial charge >= 0.3 is 0 Å². The molecule has 1 aromatic heterocycles. The summed E-state index contributed by atoms with van der Waals surface area (Å²) in [6, 6.07) is 14.5. The van der Waals surface area contributed by atoms with Crippen LogP contribution in [0.3, 0.4) is 0 Å². The Morgan fingerprint density at radius 1 is 1.12 bits per heavy atom. The fraction of sp³-hybridized carbons (Fsp3) is 0.250. The molecule has 1 N–H and O–H groups in total. The number of hydrogen-bond acceptors (Lipinski definition) is 3. The molecule has 0 atom stereocenters. The van der Waals surface area contributed by atoms with Crippen LogP contribution in [-0.4, -0.2) is 30.4 Å². The predicted octanol–water partition coefficient (Wildman–Crippen LogP) is 4.54. The van der Waals surface area contributed by atoms with Gasteiger partial charge in [0, 0.05) is 42.5 Å². The van der Waals surface area contributed by atoms with Gasteiger partial charge in [0.2, 0.25) is 0 Å². The summed E-state index contributed by atoms with van der Waals surface area (Å²) in [4.78, 5) is 2.10. The summed E-state index contributed by atoms with van der Waals surface area (Å²) in [5, 5.41) is 9.14. The van der Waals surface area contributed by atoms with Crippen molar-refractivity contribution in [2.24, 2.45) is 0 Å². The smallest absolute Gasteiger partial charge is 0.133 e. The molecule has 0 amide bonds. The van der Waals surface area contributed by atoms with E-state index in [1.807, 2.05) is 37.0 Å². The lowest BCUT2D eigenvalue weighted by Crippen LogP contribution is -2.08. The first-order valence-corrected chi connectivity index (χ1v) is 8.82. The standard InChI is InChI=1S/C20H21ClN4/c1-13-4-7-15(21)12-18(13)25-20-17(10-11-22-20)19(23-25)14-5-8-16(9-6-14)24(2)3/h4-9,12,22H,10-11H2,1-3H3. The zero-order chi connectivity index (χ0) is 17.6. The third-order valence-corrected chi connectivity index (χ3v) is 4.94. The van der Waals surface area contributed by atoms with Gasteiger partial charge in [-0.2, -0.15) is 5.10 Å². The predicted molar refractivity (Wildman–Crippen MR) is 105 cm³/mol. The number of nitrogens with zero attached hydrogens (tertiary/aromatic N) is 3. The molecule has 0 saturated carbocycles. The van der Waals surface area contributed by atoms with Gasteiger partial charge in [0.15, 0.2) is 0 Å². The first kappa shape index (κ1) is 16.0. The average Bonchev–Trinajstić information content (AvgIpc) is 3.20. The van der Waals surface area contributed by atoms with Crippen LogP contribution in [0.15, 0.2) is 42.5 Å². The van der Waals surface area contributed by atoms with Crippen LogP contribution in [0.5, 0.6) is 0 Å². The molecule has 0 radical (unpaired) electrons. The van der Waals surface area contributed by atoms with E-state index in [-0.39, 0.29) is 0 Å². The van der Waals surface area contributed by atoms with Crippen LogP contribution in [0.1, 0.15) is 11.1 Å². The summed E-state index contributed by atoms with van der Waals surface area (Å²) >= 11 is 6.22. The van der Waals surface area contributed by atoms with E-state index in [1.165, 1.54) is 11.3 Å². The topological polar surface area (TPSA) is 33.1 Å². The third-order valence-electron chi connectivity index (χ3n) is 4.71. The van der Waals surface area contributed by atoms with E-state index in [0.717, 1.165) is 46.3 Å². The summed E-state index contributed by atoms with van der Waals surface area (Å²) in [5.41, 5.74) is 6.82. The van der Waals surface area contributed by atoms with E-state index in [0.29, 0.717) is 0 Å².